The number of halogens is 1. The summed E-state index contributed by atoms with van der Waals surface area (Å²) in [6, 6.07) is 15.8. The van der Waals surface area contributed by atoms with Crippen LogP contribution in [0.5, 0.6) is 11.5 Å². The largest absolute Gasteiger partial charge is 0.490 e. The summed E-state index contributed by atoms with van der Waals surface area (Å²) >= 11 is 3.48. The number of benzene rings is 2. The second-order valence-electron chi connectivity index (χ2n) is 4.21. The average molecular weight is 337 g/mol. The Morgan fingerprint density at radius 1 is 0.950 bits per heavy atom. The van der Waals surface area contributed by atoms with Crippen LogP contribution in [-0.2, 0) is 11.3 Å². The minimum absolute atomic E-state index is 0.527. The zero-order chi connectivity index (χ0) is 14.2. The van der Waals surface area contributed by atoms with Crippen molar-refractivity contribution in [2.45, 2.75) is 6.61 Å². The third kappa shape index (κ3) is 4.54. The topological polar surface area (TPSA) is 27.7 Å². The first-order valence-corrected chi connectivity index (χ1v) is 7.17. The van der Waals surface area contributed by atoms with Crippen LogP contribution in [0.25, 0.3) is 0 Å². The average Bonchev–Trinajstić information content (AvgIpc) is 2.48. The van der Waals surface area contributed by atoms with Crippen molar-refractivity contribution in [2.75, 3.05) is 20.3 Å². The van der Waals surface area contributed by atoms with E-state index in [9.17, 15) is 0 Å². The highest BCUT2D eigenvalue weighted by atomic mass is 79.9. The van der Waals surface area contributed by atoms with Crippen molar-refractivity contribution < 1.29 is 14.2 Å². The first kappa shape index (κ1) is 14.9. The van der Waals surface area contributed by atoms with Crippen molar-refractivity contribution in [1.29, 1.82) is 0 Å². The van der Waals surface area contributed by atoms with Crippen LogP contribution in [0, 0.1) is 0 Å². The lowest BCUT2D eigenvalue weighted by atomic mass is 10.2. The van der Waals surface area contributed by atoms with Gasteiger partial charge in [-0.25, -0.2) is 0 Å². The molecule has 0 bridgehead atoms. The molecule has 0 radical (unpaired) electrons. The van der Waals surface area contributed by atoms with Gasteiger partial charge in [0.15, 0.2) is 0 Å². The zero-order valence-electron chi connectivity index (χ0n) is 11.3. The van der Waals surface area contributed by atoms with Crippen LogP contribution in [-0.4, -0.2) is 20.3 Å². The molecule has 0 unspecified atom stereocenters. The molecule has 2 aromatic carbocycles. The molecule has 0 saturated carbocycles. The lowest BCUT2D eigenvalue weighted by molar-refractivity contribution is 0.146. The molecular weight excluding hydrogens is 320 g/mol. The summed E-state index contributed by atoms with van der Waals surface area (Å²) in [5.41, 5.74) is 1.14. The number of hydrogen-bond donors (Lipinski definition) is 0. The Morgan fingerprint density at radius 2 is 1.75 bits per heavy atom. The fourth-order valence-corrected chi connectivity index (χ4v) is 2.14. The van der Waals surface area contributed by atoms with Gasteiger partial charge in [0.2, 0.25) is 0 Å². The predicted octanol–water partition coefficient (Wildman–Crippen LogP) is 4.05. The maximum Gasteiger partial charge on any atom is 0.133 e. The second kappa shape index (κ2) is 7.92. The molecule has 0 amide bonds. The Hall–Kier alpha value is -1.52. The Balaban J connectivity index is 1.91. The molecule has 2 rings (SSSR count). The van der Waals surface area contributed by atoms with Crippen molar-refractivity contribution >= 4 is 15.9 Å². The monoisotopic (exact) mass is 336 g/mol. The highest BCUT2D eigenvalue weighted by Gasteiger charge is 2.04. The molecule has 0 spiro atoms. The van der Waals surface area contributed by atoms with E-state index >= 15 is 0 Å². The van der Waals surface area contributed by atoms with Crippen molar-refractivity contribution in [1.82, 2.24) is 0 Å². The molecule has 0 N–H and O–H groups in total. The smallest absolute Gasteiger partial charge is 0.133 e. The zero-order valence-corrected chi connectivity index (χ0v) is 12.9. The first-order valence-electron chi connectivity index (χ1n) is 6.37. The van der Waals surface area contributed by atoms with Gasteiger partial charge in [0.25, 0.3) is 0 Å². The number of hydrogen-bond acceptors (Lipinski definition) is 3. The van der Waals surface area contributed by atoms with E-state index in [0.29, 0.717) is 19.8 Å². The maximum absolute atomic E-state index is 5.74. The third-order valence-electron chi connectivity index (χ3n) is 2.70. The lowest BCUT2D eigenvalue weighted by Crippen LogP contribution is -2.04. The molecule has 0 saturated heterocycles. The van der Waals surface area contributed by atoms with Crippen LogP contribution >= 0.6 is 15.9 Å². The molecule has 0 aliphatic rings. The maximum atomic E-state index is 5.74. The molecule has 106 valence electrons. The molecule has 0 fully saturated rings. The Labute approximate surface area is 127 Å². The van der Waals surface area contributed by atoms with E-state index in [4.69, 9.17) is 14.2 Å². The third-order valence-corrected chi connectivity index (χ3v) is 3.32. The number of methoxy groups -OCH3 is 1. The van der Waals surface area contributed by atoms with Gasteiger partial charge in [-0.3, -0.25) is 0 Å². The lowest BCUT2D eigenvalue weighted by Gasteiger charge is -2.10. The predicted molar refractivity (Wildman–Crippen MR) is 82.3 cm³/mol. The van der Waals surface area contributed by atoms with Crippen molar-refractivity contribution in [2.24, 2.45) is 0 Å². The van der Waals surface area contributed by atoms with Gasteiger partial charge in [-0.05, 0) is 39.7 Å². The van der Waals surface area contributed by atoms with Crippen LogP contribution in [0.15, 0.2) is 53.0 Å². The van der Waals surface area contributed by atoms with E-state index in [2.05, 4.69) is 15.9 Å². The van der Waals surface area contributed by atoms with E-state index < -0.39 is 0 Å². The molecule has 0 heterocycles. The van der Waals surface area contributed by atoms with Crippen molar-refractivity contribution in [3.8, 4) is 11.5 Å². The van der Waals surface area contributed by atoms with Gasteiger partial charge < -0.3 is 14.2 Å². The van der Waals surface area contributed by atoms with Crippen molar-refractivity contribution in [3.05, 3.63) is 58.6 Å². The number of rotatable bonds is 7. The molecule has 0 aliphatic carbocycles. The van der Waals surface area contributed by atoms with Gasteiger partial charge in [0.1, 0.15) is 24.7 Å². The summed E-state index contributed by atoms with van der Waals surface area (Å²) in [5, 5.41) is 0. The van der Waals surface area contributed by atoms with Crippen LogP contribution < -0.4 is 9.47 Å². The molecule has 20 heavy (non-hydrogen) atoms. The standard InChI is InChI=1S/C16H17BrO3/c1-18-9-10-19-16-8-7-14(11-15(16)17)20-12-13-5-3-2-4-6-13/h2-8,11H,9-10,12H2,1H3. The summed E-state index contributed by atoms with van der Waals surface area (Å²) in [6.07, 6.45) is 0. The summed E-state index contributed by atoms with van der Waals surface area (Å²) in [6.45, 7) is 1.65. The van der Waals surface area contributed by atoms with Gasteiger partial charge >= 0.3 is 0 Å². The van der Waals surface area contributed by atoms with Crippen molar-refractivity contribution in [3.63, 3.8) is 0 Å². The highest BCUT2D eigenvalue weighted by molar-refractivity contribution is 9.10. The van der Waals surface area contributed by atoms with Crippen LogP contribution in [0.2, 0.25) is 0 Å². The van der Waals surface area contributed by atoms with E-state index in [1.165, 1.54) is 0 Å². The summed E-state index contributed by atoms with van der Waals surface area (Å²) in [7, 11) is 1.65. The van der Waals surface area contributed by atoms with Gasteiger partial charge in [-0.15, -0.1) is 0 Å². The molecule has 0 aromatic heterocycles. The summed E-state index contributed by atoms with van der Waals surface area (Å²) in [5.74, 6) is 1.59. The highest BCUT2D eigenvalue weighted by Crippen LogP contribution is 2.29. The Morgan fingerprint density at radius 3 is 2.45 bits per heavy atom. The van der Waals surface area contributed by atoms with E-state index in [1.54, 1.807) is 7.11 Å². The fraction of sp³-hybridized carbons (Fsp3) is 0.250. The van der Waals surface area contributed by atoms with E-state index in [-0.39, 0.29) is 0 Å². The first-order chi connectivity index (χ1) is 9.79. The minimum Gasteiger partial charge on any atom is -0.490 e. The molecule has 0 aliphatic heterocycles. The van der Waals surface area contributed by atoms with Crippen LogP contribution in [0.3, 0.4) is 0 Å². The molecule has 0 atom stereocenters. The van der Waals surface area contributed by atoms with E-state index in [0.717, 1.165) is 21.5 Å². The van der Waals surface area contributed by atoms with Crippen LogP contribution in [0.1, 0.15) is 5.56 Å². The quantitative estimate of drug-likeness (QED) is 0.714. The van der Waals surface area contributed by atoms with Crippen LogP contribution in [0.4, 0.5) is 0 Å². The molecule has 4 heteroatoms. The van der Waals surface area contributed by atoms with E-state index in [1.807, 2.05) is 48.5 Å². The van der Waals surface area contributed by atoms with Gasteiger partial charge in [-0.1, -0.05) is 30.3 Å². The second-order valence-corrected chi connectivity index (χ2v) is 5.06. The van der Waals surface area contributed by atoms with Gasteiger partial charge in [0.05, 0.1) is 11.1 Å². The molecular formula is C16H17BrO3. The fourth-order valence-electron chi connectivity index (χ4n) is 1.66. The Bertz CT molecular complexity index is 529. The number of ether oxygens (including phenoxy) is 3. The minimum atomic E-state index is 0.527. The Kier molecular flexibility index (Phi) is 5.89. The molecule has 3 nitrogen and oxygen atoms in total. The summed E-state index contributed by atoms with van der Waals surface area (Å²) in [4.78, 5) is 0. The normalized spacial score (nSPS) is 10.3. The SMILES string of the molecule is COCCOc1ccc(OCc2ccccc2)cc1Br. The van der Waals surface area contributed by atoms with Gasteiger partial charge in [0, 0.05) is 7.11 Å². The van der Waals surface area contributed by atoms with Gasteiger partial charge in [-0.2, -0.15) is 0 Å². The summed E-state index contributed by atoms with van der Waals surface area (Å²) < 4.78 is 17.1. The molecule has 2 aromatic rings.